The van der Waals surface area contributed by atoms with Gasteiger partial charge in [0.1, 0.15) is 0 Å². The molecule has 1 heterocycles. The first kappa shape index (κ1) is 28.8. The summed E-state index contributed by atoms with van der Waals surface area (Å²) in [7, 11) is 3.38. The Hall–Kier alpha value is -0.751. The van der Waals surface area contributed by atoms with Gasteiger partial charge in [-0.25, -0.2) is 0 Å². The molecular weight excluding hydrogens is 541 g/mol. The Labute approximate surface area is 219 Å². The van der Waals surface area contributed by atoms with Gasteiger partial charge in [-0.1, -0.05) is 0 Å². The first-order valence-electron chi connectivity index (χ1n) is 14.5. The fraction of sp³-hybridized carbons (Fsp3) is 0.767. The zero-order chi connectivity index (χ0) is 25.3. The van der Waals surface area contributed by atoms with Gasteiger partial charge in [-0.2, -0.15) is 0 Å². The average Bonchev–Trinajstić information content (AvgIpc) is 3.45. The van der Waals surface area contributed by atoms with Crippen LogP contribution in [0.1, 0.15) is 90.5 Å². The molecule has 1 unspecified atom stereocenters. The van der Waals surface area contributed by atoms with Crippen molar-refractivity contribution < 1.29 is 14.3 Å². The molecule has 1 saturated carbocycles. The van der Waals surface area contributed by atoms with Crippen LogP contribution in [-0.2, 0) is 11.2 Å². The summed E-state index contributed by atoms with van der Waals surface area (Å²) in [6.45, 7) is 9.10. The summed E-state index contributed by atoms with van der Waals surface area (Å²) in [4.78, 5) is 16.4. The van der Waals surface area contributed by atoms with Crippen molar-refractivity contribution in [1.82, 2.24) is 4.90 Å². The Bertz CT molecular complexity index is 791. The summed E-state index contributed by atoms with van der Waals surface area (Å²) in [5, 5.41) is 0. The van der Waals surface area contributed by atoms with Crippen molar-refractivity contribution in [2.24, 2.45) is 0 Å². The number of ether oxygens (including phenoxy) is 2. The predicted octanol–water partition coefficient (Wildman–Crippen LogP) is 7.66. The Morgan fingerprint density at radius 3 is 2.17 bits per heavy atom. The van der Waals surface area contributed by atoms with Crippen LogP contribution in [-0.4, -0.2) is 61.9 Å². The van der Waals surface area contributed by atoms with Crippen molar-refractivity contribution >= 4 is 24.2 Å². The molecular formula is C30H51NO3Sn. The number of carbonyl (C=O) groups is 1. The molecule has 0 amide bonds. The number of ketones is 1. The summed E-state index contributed by atoms with van der Waals surface area (Å²) in [6.07, 6.45) is 13.4. The SMILES string of the molecule is CCC[CH2][Sn]([CH2]CCC)([CH2]CCC)[CH]1CC(=O)[C@]2(CCCN2CCc2ccc(OC)c(OC)c2)C1. The number of benzene rings is 1. The number of hydrogen-bond donors (Lipinski definition) is 0. The summed E-state index contributed by atoms with van der Waals surface area (Å²) >= 11 is -2.42. The van der Waals surface area contributed by atoms with Gasteiger partial charge in [-0.3, -0.25) is 0 Å². The summed E-state index contributed by atoms with van der Waals surface area (Å²) < 4.78 is 16.3. The summed E-state index contributed by atoms with van der Waals surface area (Å²) in [5.41, 5.74) is 1.10. The molecule has 1 aromatic carbocycles. The second-order valence-corrected chi connectivity index (χ2v) is 25.7. The topological polar surface area (TPSA) is 38.8 Å². The molecule has 198 valence electrons. The van der Waals surface area contributed by atoms with Crippen LogP contribution >= 0.6 is 0 Å². The number of hydrogen-bond acceptors (Lipinski definition) is 4. The summed E-state index contributed by atoms with van der Waals surface area (Å²) in [6, 6.07) is 6.25. The zero-order valence-electron chi connectivity index (χ0n) is 23.3. The van der Waals surface area contributed by atoms with Crippen LogP contribution in [0.5, 0.6) is 11.5 Å². The maximum absolute atomic E-state index is 13.8. The van der Waals surface area contributed by atoms with Gasteiger partial charge in [0.2, 0.25) is 0 Å². The van der Waals surface area contributed by atoms with Gasteiger partial charge in [0.25, 0.3) is 0 Å². The van der Waals surface area contributed by atoms with E-state index in [1.165, 1.54) is 70.2 Å². The van der Waals surface area contributed by atoms with Gasteiger partial charge in [0, 0.05) is 0 Å². The van der Waals surface area contributed by atoms with Crippen molar-refractivity contribution in [2.45, 2.75) is 114 Å². The molecule has 2 fully saturated rings. The number of rotatable bonds is 15. The molecule has 2 aliphatic rings. The number of likely N-dealkylation sites (tertiary alicyclic amines) is 1. The van der Waals surface area contributed by atoms with E-state index in [-0.39, 0.29) is 5.54 Å². The molecule has 1 saturated heterocycles. The average molecular weight is 592 g/mol. The van der Waals surface area contributed by atoms with Crippen molar-refractivity contribution in [3.63, 3.8) is 0 Å². The van der Waals surface area contributed by atoms with Crippen molar-refractivity contribution in [3.05, 3.63) is 23.8 Å². The van der Waals surface area contributed by atoms with Crippen LogP contribution in [0.15, 0.2) is 18.2 Å². The summed E-state index contributed by atoms with van der Waals surface area (Å²) in [5.74, 6) is 2.16. The molecule has 35 heavy (non-hydrogen) atoms. The third kappa shape index (κ3) is 6.58. The van der Waals surface area contributed by atoms with Gasteiger partial charge in [0.05, 0.1) is 0 Å². The molecule has 0 N–H and O–H groups in total. The molecule has 1 aliphatic heterocycles. The van der Waals surface area contributed by atoms with E-state index in [1.54, 1.807) is 14.2 Å². The maximum atomic E-state index is 13.8. The van der Waals surface area contributed by atoms with Gasteiger partial charge < -0.3 is 0 Å². The van der Waals surface area contributed by atoms with Crippen molar-refractivity contribution in [1.29, 1.82) is 0 Å². The van der Waals surface area contributed by atoms with E-state index in [4.69, 9.17) is 9.47 Å². The fourth-order valence-corrected chi connectivity index (χ4v) is 25.8. The number of nitrogens with zero attached hydrogens (tertiary/aromatic N) is 1. The van der Waals surface area contributed by atoms with Crippen LogP contribution in [0.4, 0.5) is 0 Å². The number of unbranched alkanes of at least 4 members (excludes halogenated alkanes) is 3. The Balaban J connectivity index is 1.77. The van der Waals surface area contributed by atoms with Gasteiger partial charge >= 0.3 is 220 Å². The minimum absolute atomic E-state index is 0.159. The second kappa shape index (κ2) is 13.7. The first-order valence-corrected chi connectivity index (χ1v) is 22.2. The van der Waals surface area contributed by atoms with E-state index in [0.29, 0.717) is 5.78 Å². The molecule has 1 aliphatic carbocycles. The Kier molecular flexibility index (Phi) is 11.3. The predicted molar refractivity (Wildman–Crippen MR) is 150 cm³/mol. The Morgan fingerprint density at radius 1 is 0.971 bits per heavy atom. The molecule has 5 heteroatoms. The van der Waals surface area contributed by atoms with Gasteiger partial charge in [0.15, 0.2) is 0 Å². The quantitative estimate of drug-likeness (QED) is 0.196. The van der Waals surface area contributed by atoms with E-state index >= 15 is 0 Å². The third-order valence-electron chi connectivity index (χ3n) is 9.23. The van der Waals surface area contributed by atoms with Crippen molar-refractivity contribution in [2.75, 3.05) is 27.3 Å². The van der Waals surface area contributed by atoms with E-state index in [1.807, 2.05) is 6.07 Å². The molecule has 2 atom stereocenters. The van der Waals surface area contributed by atoms with Crippen LogP contribution < -0.4 is 9.47 Å². The molecule has 1 spiro atoms. The molecule has 4 nitrogen and oxygen atoms in total. The standard InChI is InChI=1S/C18H24NO3.3C4H9.Sn/c1-21-15-7-6-14(13-16(15)22-2)8-12-19-11-4-10-18(19)9-3-5-17(18)20;3*1-3-4-2;/h3,6-7,13H,4-5,8-12H2,1-2H3;3*1,3-4H2,2H3;/t18-;;;;/m1..../s1. The van der Waals surface area contributed by atoms with E-state index in [9.17, 15) is 4.79 Å². The number of methoxy groups -OCH3 is 2. The monoisotopic (exact) mass is 593 g/mol. The first-order chi connectivity index (χ1) is 17.0. The molecule has 0 aromatic heterocycles. The molecule has 0 bridgehead atoms. The zero-order valence-corrected chi connectivity index (χ0v) is 26.1. The minimum atomic E-state index is -2.42. The normalized spacial score (nSPS) is 22.9. The molecule has 1 aromatic rings. The van der Waals surface area contributed by atoms with Crippen LogP contribution in [0.3, 0.4) is 0 Å². The van der Waals surface area contributed by atoms with Crippen LogP contribution in [0, 0.1) is 0 Å². The van der Waals surface area contributed by atoms with E-state index in [2.05, 4.69) is 37.8 Å². The van der Waals surface area contributed by atoms with Crippen LogP contribution in [0.25, 0.3) is 0 Å². The van der Waals surface area contributed by atoms with E-state index < -0.39 is 18.4 Å². The number of carbonyl (C=O) groups excluding carboxylic acids is 1. The molecule has 3 rings (SSSR count). The molecule has 0 radical (unpaired) electrons. The van der Waals surface area contributed by atoms with Gasteiger partial charge in [-0.05, 0) is 0 Å². The number of Topliss-reactive ketones (excluding diaryl/α,β-unsaturated/α-hetero) is 1. The third-order valence-corrected chi connectivity index (χ3v) is 26.9. The second-order valence-electron chi connectivity index (χ2n) is 11.3. The van der Waals surface area contributed by atoms with Crippen molar-refractivity contribution in [3.8, 4) is 11.5 Å². The van der Waals surface area contributed by atoms with Gasteiger partial charge in [-0.15, -0.1) is 0 Å². The van der Waals surface area contributed by atoms with E-state index in [0.717, 1.165) is 47.8 Å². The Morgan fingerprint density at radius 2 is 1.60 bits per heavy atom. The van der Waals surface area contributed by atoms with Crippen LogP contribution in [0.2, 0.25) is 17.2 Å². The fourth-order valence-electron chi connectivity index (χ4n) is 7.12.